The Labute approximate surface area is 142 Å². The Kier molecular flexibility index (Phi) is 4.83. The van der Waals surface area contributed by atoms with Gasteiger partial charge < -0.3 is 0 Å². The van der Waals surface area contributed by atoms with Crippen molar-refractivity contribution in [1.82, 2.24) is 14.7 Å². The van der Waals surface area contributed by atoms with E-state index in [-0.39, 0.29) is 11.7 Å². The van der Waals surface area contributed by atoms with E-state index < -0.39 is 0 Å². The predicted octanol–water partition coefficient (Wildman–Crippen LogP) is 3.48. The zero-order valence-corrected chi connectivity index (χ0v) is 14.4. The molecule has 0 N–H and O–H groups in total. The zero-order chi connectivity index (χ0) is 16.4. The van der Waals surface area contributed by atoms with Crippen molar-refractivity contribution in [3.8, 4) is 0 Å². The van der Waals surface area contributed by atoms with Gasteiger partial charge in [-0.1, -0.05) is 23.7 Å². The van der Waals surface area contributed by atoms with E-state index in [1.165, 1.54) is 11.3 Å². The van der Waals surface area contributed by atoms with Crippen molar-refractivity contribution >= 4 is 17.4 Å². The third kappa shape index (κ3) is 3.65. The average Bonchev–Trinajstić information content (AvgIpc) is 2.86. The Bertz CT molecular complexity index is 710. The Morgan fingerprint density at radius 1 is 1.43 bits per heavy atom. The van der Waals surface area contributed by atoms with Gasteiger partial charge in [0.2, 0.25) is 0 Å². The molecule has 0 saturated carbocycles. The number of piperidine rings is 1. The van der Waals surface area contributed by atoms with Gasteiger partial charge in [-0.25, -0.2) is 0 Å². The standard InChI is InChI=1S/C18H22ClN3O/c1-13-16(10-20-21(13)2)12-22-8-4-6-15(11-22)18(23)14-5-3-7-17(19)9-14/h3,5,7,9-10,15H,4,6,8,11-12H2,1-2H3/t15-/m1/s1. The maximum Gasteiger partial charge on any atom is 0.167 e. The number of nitrogens with zero attached hydrogens (tertiary/aromatic N) is 3. The lowest BCUT2D eigenvalue weighted by Gasteiger charge is -2.32. The van der Waals surface area contributed by atoms with Crippen LogP contribution in [-0.4, -0.2) is 33.6 Å². The summed E-state index contributed by atoms with van der Waals surface area (Å²) in [7, 11) is 1.96. The molecule has 1 saturated heterocycles. The number of halogens is 1. The van der Waals surface area contributed by atoms with Crippen LogP contribution in [0.5, 0.6) is 0 Å². The zero-order valence-electron chi connectivity index (χ0n) is 13.6. The number of Topliss-reactive ketones (excluding diaryl/α,β-unsaturated/α-hetero) is 1. The van der Waals surface area contributed by atoms with E-state index in [0.717, 1.165) is 38.0 Å². The van der Waals surface area contributed by atoms with Gasteiger partial charge in [-0.05, 0) is 38.4 Å². The number of ketones is 1. The fourth-order valence-corrected chi connectivity index (χ4v) is 3.42. The Morgan fingerprint density at radius 2 is 2.26 bits per heavy atom. The molecule has 1 fully saturated rings. The van der Waals surface area contributed by atoms with Gasteiger partial charge in [-0.15, -0.1) is 0 Å². The third-order valence-electron chi connectivity index (χ3n) is 4.72. The van der Waals surface area contributed by atoms with Gasteiger partial charge in [0.1, 0.15) is 0 Å². The van der Waals surface area contributed by atoms with E-state index >= 15 is 0 Å². The minimum Gasteiger partial charge on any atom is -0.298 e. The summed E-state index contributed by atoms with van der Waals surface area (Å²) in [6, 6.07) is 7.28. The molecule has 1 aromatic heterocycles. The van der Waals surface area contributed by atoms with Gasteiger partial charge >= 0.3 is 0 Å². The predicted molar refractivity (Wildman–Crippen MR) is 91.7 cm³/mol. The van der Waals surface area contributed by atoms with Crippen LogP contribution in [-0.2, 0) is 13.6 Å². The van der Waals surface area contributed by atoms with Gasteiger partial charge in [0.05, 0.1) is 6.20 Å². The third-order valence-corrected chi connectivity index (χ3v) is 4.95. The largest absolute Gasteiger partial charge is 0.298 e. The van der Waals surface area contributed by atoms with Crippen LogP contribution < -0.4 is 0 Å². The first-order valence-corrected chi connectivity index (χ1v) is 8.42. The molecular weight excluding hydrogens is 310 g/mol. The highest BCUT2D eigenvalue weighted by molar-refractivity contribution is 6.31. The molecular formula is C18H22ClN3O. The highest BCUT2D eigenvalue weighted by Crippen LogP contribution is 2.24. The van der Waals surface area contributed by atoms with E-state index in [0.29, 0.717) is 5.02 Å². The van der Waals surface area contributed by atoms with Crippen molar-refractivity contribution < 1.29 is 4.79 Å². The number of aromatic nitrogens is 2. The number of carbonyl (C=O) groups excluding carboxylic acids is 1. The fraction of sp³-hybridized carbons (Fsp3) is 0.444. The molecule has 5 heteroatoms. The molecule has 0 aliphatic carbocycles. The van der Waals surface area contributed by atoms with Crippen molar-refractivity contribution in [3.63, 3.8) is 0 Å². The fourth-order valence-electron chi connectivity index (χ4n) is 3.23. The molecule has 23 heavy (non-hydrogen) atoms. The number of carbonyl (C=O) groups is 1. The number of hydrogen-bond acceptors (Lipinski definition) is 3. The summed E-state index contributed by atoms with van der Waals surface area (Å²) in [6.07, 6.45) is 3.93. The summed E-state index contributed by atoms with van der Waals surface area (Å²) < 4.78 is 1.90. The molecule has 2 aromatic rings. The molecule has 1 aliphatic rings. The lowest BCUT2D eigenvalue weighted by atomic mass is 9.90. The monoisotopic (exact) mass is 331 g/mol. The first-order chi connectivity index (χ1) is 11.0. The average molecular weight is 332 g/mol. The maximum atomic E-state index is 12.7. The summed E-state index contributed by atoms with van der Waals surface area (Å²) in [6.45, 7) is 4.78. The minimum atomic E-state index is 0.0548. The number of aryl methyl sites for hydroxylation is 1. The summed E-state index contributed by atoms with van der Waals surface area (Å²) in [4.78, 5) is 15.1. The van der Waals surface area contributed by atoms with Gasteiger partial charge in [0.15, 0.2) is 5.78 Å². The topological polar surface area (TPSA) is 38.1 Å². The second kappa shape index (κ2) is 6.85. The molecule has 2 heterocycles. The second-order valence-electron chi connectivity index (χ2n) is 6.33. The van der Waals surface area contributed by atoms with Gasteiger partial charge in [-0.2, -0.15) is 5.10 Å². The Balaban J connectivity index is 1.68. The highest BCUT2D eigenvalue weighted by atomic mass is 35.5. The van der Waals surface area contributed by atoms with Crippen molar-refractivity contribution in [1.29, 1.82) is 0 Å². The number of benzene rings is 1. The summed E-state index contributed by atoms with van der Waals surface area (Å²) >= 11 is 6.01. The van der Waals surface area contributed by atoms with Gasteiger partial charge in [0.25, 0.3) is 0 Å². The molecule has 0 radical (unpaired) electrons. The van der Waals surface area contributed by atoms with Crippen molar-refractivity contribution in [2.24, 2.45) is 13.0 Å². The second-order valence-corrected chi connectivity index (χ2v) is 6.76. The van der Waals surface area contributed by atoms with Crippen LogP contribution in [0.15, 0.2) is 30.5 Å². The van der Waals surface area contributed by atoms with Crippen LogP contribution >= 0.6 is 11.6 Å². The van der Waals surface area contributed by atoms with Gasteiger partial charge in [-0.3, -0.25) is 14.4 Å². The van der Waals surface area contributed by atoms with Crippen molar-refractivity contribution in [3.05, 3.63) is 52.3 Å². The summed E-state index contributed by atoms with van der Waals surface area (Å²) in [5, 5.41) is 4.92. The molecule has 0 unspecified atom stereocenters. The lowest BCUT2D eigenvalue weighted by molar-refractivity contribution is 0.0811. The van der Waals surface area contributed by atoms with Crippen LogP contribution in [0.2, 0.25) is 5.02 Å². The lowest BCUT2D eigenvalue weighted by Crippen LogP contribution is -2.38. The number of hydrogen-bond donors (Lipinski definition) is 0. The van der Waals surface area contributed by atoms with Crippen LogP contribution in [0.4, 0.5) is 0 Å². The quantitative estimate of drug-likeness (QED) is 0.805. The minimum absolute atomic E-state index is 0.0548. The normalized spacial score (nSPS) is 19.0. The first kappa shape index (κ1) is 16.2. The molecule has 1 aromatic carbocycles. The molecule has 0 spiro atoms. The molecule has 122 valence electrons. The Morgan fingerprint density at radius 3 is 2.96 bits per heavy atom. The van der Waals surface area contributed by atoms with Crippen LogP contribution in [0.1, 0.15) is 34.5 Å². The Hall–Kier alpha value is -1.65. The number of likely N-dealkylation sites (tertiary alicyclic amines) is 1. The van der Waals surface area contributed by atoms with Crippen LogP contribution in [0.25, 0.3) is 0 Å². The van der Waals surface area contributed by atoms with E-state index in [9.17, 15) is 4.79 Å². The highest BCUT2D eigenvalue weighted by Gasteiger charge is 2.27. The molecule has 3 rings (SSSR count). The van der Waals surface area contributed by atoms with E-state index in [1.807, 2.05) is 30.1 Å². The summed E-state index contributed by atoms with van der Waals surface area (Å²) in [5.41, 5.74) is 3.15. The molecule has 4 nitrogen and oxygen atoms in total. The smallest absolute Gasteiger partial charge is 0.167 e. The van der Waals surface area contributed by atoms with Gasteiger partial charge in [0, 0.05) is 47.9 Å². The van der Waals surface area contributed by atoms with E-state index in [2.05, 4.69) is 16.9 Å². The molecule has 0 amide bonds. The first-order valence-electron chi connectivity index (χ1n) is 8.04. The van der Waals surface area contributed by atoms with Crippen LogP contribution in [0.3, 0.4) is 0 Å². The molecule has 1 atom stereocenters. The van der Waals surface area contributed by atoms with Crippen LogP contribution in [0, 0.1) is 12.8 Å². The number of rotatable bonds is 4. The SMILES string of the molecule is Cc1c(CN2CCC[C@@H](C(=O)c3cccc(Cl)c3)C2)cnn1C. The molecule has 1 aliphatic heterocycles. The van der Waals surface area contributed by atoms with Crippen molar-refractivity contribution in [2.75, 3.05) is 13.1 Å². The summed E-state index contributed by atoms with van der Waals surface area (Å²) in [5.74, 6) is 0.263. The molecule has 0 bridgehead atoms. The van der Waals surface area contributed by atoms with Crippen molar-refractivity contribution in [2.45, 2.75) is 26.3 Å². The van der Waals surface area contributed by atoms with E-state index in [1.54, 1.807) is 12.1 Å². The maximum absolute atomic E-state index is 12.7. The van der Waals surface area contributed by atoms with E-state index in [4.69, 9.17) is 11.6 Å².